The summed E-state index contributed by atoms with van der Waals surface area (Å²) in [5, 5.41) is 0. The molecule has 1 aliphatic carbocycles. The van der Waals surface area contributed by atoms with Gasteiger partial charge in [0.15, 0.2) is 5.78 Å². The Labute approximate surface area is 97.9 Å². The molecule has 1 unspecified atom stereocenters. The Bertz CT molecular complexity index is 404. The van der Waals surface area contributed by atoms with Gasteiger partial charge in [-0.25, -0.2) is 0 Å². The molecule has 1 nitrogen and oxygen atoms in total. The molecule has 0 aliphatic heterocycles. The van der Waals surface area contributed by atoms with E-state index in [0.717, 1.165) is 24.8 Å². The maximum absolute atomic E-state index is 12.2. The Morgan fingerprint density at radius 3 is 2.69 bits per heavy atom. The van der Waals surface area contributed by atoms with Crippen LogP contribution in [0.2, 0.25) is 0 Å². The van der Waals surface area contributed by atoms with E-state index in [1.165, 1.54) is 5.56 Å². The van der Waals surface area contributed by atoms with Gasteiger partial charge in [-0.2, -0.15) is 0 Å². The van der Waals surface area contributed by atoms with E-state index in [0.29, 0.717) is 5.78 Å². The Morgan fingerprint density at radius 1 is 1.44 bits per heavy atom. The van der Waals surface area contributed by atoms with Gasteiger partial charge in [-0.1, -0.05) is 45.4 Å². The zero-order valence-electron chi connectivity index (χ0n) is 10.4. The van der Waals surface area contributed by atoms with Crippen molar-refractivity contribution in [3.05, 3.63) is 35.4 Å². The minimum Gasteiger partial charge on any atom is -0.294 e. The van der Waals surface area contributed by atoms with Crippen LogP contribution < -0.4 is 0 Å². The normalized spacial score (nSPS) is 21.8. The number of hydrogen-bond donors (Lipinski definition) is 0. The number of ketones is 1. The molecule has 2 rings (SSSR count). The zero-order chi connectivity index (χ0) is 11.8. The van der Waals surface area contributed by atoms with Crippen LogP contribution in [0.3, 0.4) is 0 Å². The summed E-state index contributed by atoms with van der Waals surface area (Å²) in [5.74, 6) is 0.590. The minimum absolute atomic E-state index is 0.234. The van der Waals surface area contributed by atoms with Gasteiger partial charge < -0.3 is 0 Å². The van der Waals surface area contributed by atoms with Gasteiger partial charge in [0.1, 0.15) is 0 Å². The SMILES string of the molecule is CCCc1cccc(C(=O)C2CC2(C)C)c1. The lowest BCUT2D eigenvalue weighted by Crippen LogP contribution is -2.06. The van der Waals surface area contributed by atoms with Crippen molar-refractivity contribution in [2.24, 2.45) is 11.3 Å². The van der Waals surface area contributed by atoms with Crippen molar-refractivity contribution in [2.45, 2.75) is 40.0 Å². The molecule has 0 N–H and O–H groups in total. The molecule has 1 fully saturated rings. The van der Waals surface area contributed by atoms with Crippen molar-refractivity contribution in [1.82, 2.24) is 0 Å². The molecule has 0 bridgehead atoms. The molecule has 0 radical (unpaired) electrons. The van der Waals surface area contributed by atoms with Crippen LogP contribution >= 0.6 is 0 Å². The Hall–Kier alpha value is -1.11. The number of aryl methyl sites for hydroxylation is 1. The molecule has 1 atom stereocenters. The Balaban J connectivity index is 2.15. The van der Waals surface area contributed by atoms with Crippen LogP contribution in [-0.4, -0.2) is 5.78 Å². The van der Waals surface area contributed by atoms with E-state index in [9.17, 15) is 4.79 Å². The highest BCUT2D eigenvalue weighted by atomic mass is 16.1. The van der Waals surface area contributed by atoms with Crippen molar-refractivity contribution in [3.63, 3.8) is 0 Å². The predicted molar refractivity (Wildman–Crippen MR) is 66.7 cm³/mol. The second-order valence-electron chi connectivity index (χ2n) is 5.56. The monoisotopic (exact) mass is 216 g/mol. The number of benzene rings is 1. The first kappa shape index (κ1) is 11.4. The van der Waals surface area contributed by atoms with Crippen molar-refractivity contribution in [2.75, 3.05) is 0 Å². The summed E-state index contributed by atoms with van der Waals surface area (Å²) in [6, 6.07) is 8.14. The van der Waals surface area contributed by atoms with E-state index in [1.54, 1.807) is 0 Å². The third-order valence-electron chi connectivity index (χ3n) is 3.58. The van der Waals surface area contributed by atoms with Crippen LogP contribution in [0.4, 0.5) is 0 Å². The topological polar surface area (TPSA) is 17.1 Å². The van der Waals surface area contributed by atoms with Gasteiger partial charge in [0, 0.05) is 11.5 Å². The van der Waals surface area contributed by atoms with Crippen molar-refractivity contribution in [3.8, 4) is 0 Å². The maximum Gasteiger partial charge on any atom is 0.166 e. The average Bonchev–Trinajstić information content (AvgIpc) is 2.88. The Kier molecular flexibility index (Phi) is 2.88. The van der Waals surface area contributed by atoms with Crippen LogP contribution in [-0.2, 0) is 6.42 Å². The first-order chi connectivity index (χ1) is 7.54. The molecule has 0 spiro atoms. The molecule has 86 valence electrons. The number of hydrogen-bond acceptors (Lipinski definition) is 1. The summed E-state index contributed by atoms with van der Waals surface area (Å²) >= 11 is 0. The number of carbonyl (C=O) groups is 1. The molecule has 0 saturated heterocycles. The average molecular weight is 216 g/mol. The van der Waals surface area contributed by atoms with Gasteiger partial charge in [0.05, 0.1) is 0 Å². The van der Waals surface area contributed by atoms with E-state index < -0.39 is 0 Å². The predicted octanol–water partition coefficient (Wildman–Crippen LogP) is 3.87. The summed E-state index contributed by atoms with van der Waals surface area (Å²) in [6.07, 6.45) is 3.24. The van der Waals surface area contributed by atoms with Crippen LogP contribution in [0.5, 0.6) is 0 Å². The van der Waals surface area contributed by atoms with Crippen molar-refractivity contribution >= 4 is 5.78 Å². The summed E-state index contributed by atoms with van der Waals surface area (Å²) < 4.78 is 0. The highest BCUT2D eigenvalue weighted by Gasteiger charge is 2.50. The number of rotatable bonds is 4. The molecule has 0 aromatic heterocycles. The standard InChI is InChI=1S/C15H20O/c1-4-6-11-7-5-8-12(9-11)14(16)13-10-15(13,2)3/h5,7-9,13H,4,6,10H2,1-3H3. The molecule has 0 amide bonds. The fourth-order valence-corrected chi connectivity index (χ4v) is 2.28. The second kappa shape index (κ2) is 4.04. The van der Waals surface area contributed by atoms with Gasteiger partial charge in [-0.15, -0.1) is 0 Å². The molecular weight excluding hydrogens is 196 g/mol. The summed E-state index contributed by atoms with van der Waals surface area (Å²) in [5.41, 5.74) is 2.42. The van der Waals surface area contributed by atoms with Crippen molar-refractivity contribution < 1.29 is 4.79 Å². The molecule has 16 heavy (non-hydrogen) atoms. The van der Waals surface area contributed by atoms with E-state index in [1.807, 2.05) is 12.1 Å². The van der Waals surface area contributed by atoms with Crippen LogP contribution in [0.25, 0.3) is 0 Å². The van der Waals surface area contributed by atoms with E-state index >= 15 is 0 Å². The second-order valence-corrected chi connectivity index (χ2v) is 5.56. The van der Waals surface area contributed by atoms with Crippen LogP contribution in [0, 0.1) is 11.3 Å². The fraction of sp³-hybridized carbons (Fsp3) is 0.533. The molecule has 1 saturated carbocycles. The third kappa shape index (κ3) is 2.18. The van der Waals surface area contributed by atoms with Gasteiger partial charge in [0.2, 0.25) is 0 Å². The minimum atomic E-state index is 0.234. The first-order valence-corrected chi connectivity index (χ1v) is 6.18. The van der Waals surface area contributed by atoms with Crippen molar-refractivity contribution in [1.29, 1.82) is 0 Å². The lowest BCUT2D eigenvalue weighted by Gasteiger charge is -2.05. The lowest BCUT2D eigenvalue weighted by atomic mass is 9.99. The Morgan fingerprint density at radius 2 is 2.12 bits per heavy atom. The molecule has 1 heteroatoms. The number of Topliss-reactive ketones (excluding diaryl/α,β-unsaturated/α-hetero) is 1. The van der Waals surface area contributed by atoms with Gasteiger partial charge in [-0.3, -0.25) is 4.79 Å². The largest absolute Gasteiger partial charge is 0.294 e. The highest BCUT2D eigenvalue weighted by Crippen LogP contribution is 2.53. The quantitative estimate of drug-likeness (QED) is 0.698. The van der Waals surface area contributed by atoms with Gasteiger partial charge in [-0.05, 0) is 29.9 Å². The molecule has 1 aliphatic rings. The highest BCUT2D eigenvalue weighted by molar-refractivity contribution is 6.00. The fourth-order valence-electron chi connectivity index (χ4n) is 2.28. The molecule has 0 heterocycles. The van der Waals surface area contributed by atoms with Gasteiger partial charge >= 0.3 is 0 Å². The van der Waals surface area contributed by atoms with Crippen LogP contribution in [0.1, 0.15) is 49.5 Å². The molecule has 1 aromatic rings. The molecule has 1 aromatic carbocycles. The first-order valence-electron chi connectivity index (χ1n) is 6.18. The van der Waals surface area contributed by atoms with Gasteiger partial charge in [0.25, 0.3) is 0 Å². The zero-order valence-corrected chi connectivity index (χ0v) is 10.4. The summed E-state index contributed by atoms with van der Waals surface area (Å²) in [6.45, 7) is 6.51. The maximum atomic E-state index is 12.2. The lowest BCUT2D eigenvalue weighted by molar-refractivity contribution is 0.0953. The third-order valence-corrected chi connectivity index (χ3v) is 3.58. The van der Waals surface area contributed by atoms with Crippen LogP contribution in [0.15, 0.2) is 24.3 Å². The van der Waals surface area contributed by atoms with E-state index in [4.69, 9.17) is 0 Å². The molecular formula is C15H20O. The van der Waals surface area contributed by atoms with E-state index in [2.05, 4.69) is 32.9 Å². The number of carbonyl (C=O) groups excluding carboxylic acids is 1. The summed E-state index contributed by atoms with van der Waals surface area (Å²) in [7, 11) is 0. The van der Waals surface area contributed by atoms with E-state index in [-0.39, 0.29) is 11.3 Å². The summed E-state index contributed by atoms with van der Waals surface area (Å²) in [4.78, 5) is 12.2. The smallest absolute Gasteiger partial charge is 0.166 e.